The minimum absolute atomic E-state index is 0.0733. The Bertz CT molecular complexity index is 1180. The number of benzene rings is 1. The number of halogens is 3. The zero-order chi connectivity index (χ0) is 23.2. The van der Waals surface area contributed by atoms with Crippen molar-refractivity contribution in [2.45, 2.75) is 37.5 Å². The molecule has 2 aromatic heterocycles. The summed E-state index contributed by atoms with van der Waals surface area (Å²) in [5.41, 5.74) is 8.01. The molecule has 5 rings (SSSR count). The molecule has 2 fully saturated rings. The summed E-state index contributed by atoms with van der Waals surface area (Å²) < 4.78 is 28.0. The fourth-order valence-electron chi connectivity index (χ4n) is 4.57. The van der Waals surface area contributed by atoms with Crippen LogP contribution >= 0.6 is 23.2 Å². The molecule has 10 heteroatoms. The topological polar surface area (TPSA) is 87.2 Å². The Kier molecular flexibility index (Phi) is 5.95. The third-order valence-electron chi connectivity index (χ3n) is 6.37. The number of hydrogen-bond donors (Lipinski definition) is 2. The summed E-state index contributed by atoms with van der Waals surface area (Å²) in [6.07, 6.45) is 6.76. The van der Waals surface area contributed by atoms with Gasteiger partial charge in [0.15, 0.2) is 11.6 Å². The molecule has 33 heavy (non-hydrogen) atoms. The maximum absolute atomic E-state index is 13.9. The van der Waals surface area contributed by atoms with Crippen molar-refractivity contribution in [3.63, 3.8) is 0 Å². The fraction of sp³-hybridized carbons (Fsp3) is 0.391. The standard InChI is InChI=1S/C23H24Cl2FN5O2/c1-13(20-17(24)2-3-18(26)21(20)25)33-19-6-14(8-29-22(19)27)15-9-30-31(10-15)16-7-23(32-11-16)4-5-28-12-23/h2-3,6,8-10,13,16,28H,4-5,7,11-12H2,1H3,(H2,27,29)/t13-,16-,23?/m1/s1. The number of hydrogen-bond acceptors (Lipinski definition) is 6. The van der Waals surface area contributed by atoms with Gasteiger partial charge >= 0.3 is 0 Å². The molecule has 0 amide bonds. The van der Waals surface area contributed by atoms with E-state index in [4.69, 9.17) is 38.4 Å². The van der Waals surface area contributed by atoms with Crippen LogP contribution in [0, 0.1) is 5.82 Å². The Morgan fingerprint density at radius 1 is 1.33 bits per heavy atom. The lowest BCUT2D eigenvalue weighted by Gasteiger charge is -2.20. The van der Waals surface area contributed by atoms with Gasteiger partial charge < -0.3 is 20.5 Å². The minimum Gasteiger partial charge on any atom is -0.482 e. The monoisotopic (exact) mass is 491 g/mol. The zero-order valence-corrected chi connectivity index (χ0v) is 19.5. The van der Waals surface area contributed by atoms with Gasteiger partial charge in [-0.25, -0.2) is 9.37 Å². The van der Waals surface area contributed by atoms with Crippen LogP contribution in [-0.4, -0.2) is 40.1 Å². The fourth-order valence-corrected chi connectivity index (χ4v) is 5.25. The van der Waals surface area contributed by atoms with E-state index in [0.29, 0.717) is 22.9 Å². The molecule has 1 spiro atoms. The van der Waals surface area contributed by atoms with Crippen LogP contribution in [0.15, 0.2) is 36.8 Å². The van der Waals surface area contributed by atoms with E-state index in [0.717, 1.165) is 37.1 Å². The second kappa shape index (κ2) is 8.76. The maximum Gasteiger partial charge on any atom is 0.166 e. The molecule has 0 radical (unpaired) electrons. The second-order valence-electron chi connectivity index (χ2n) is 8.61. The molecule has 2 saturated heterocycles. The van der Waals surface area contributed by atoms with Gasteiger partial charge in [0.25, 0.3) is 0 Å². The van der Waals surface area contributed by atoms with Crippen LogP contribution in [0.5, 0.6) is 5.75 Å². The van der Waals surface area contributed by atoms with Crippen molar-refractivity contribution in [2.24, 2.45) is 0 Å². The van der Waals surface area contributed by atoms with E-state index in [1.54, 1.807) is 25.4 Å². The second-order valence-corrected chi connectivity index (χ2v) is 9.40. The van der Waals surface area contributed by atoms with Gasteiger partial charge in [-0.2, -0.15) is 5.10 Å². The maximum atomic E-state index is 13.9. The largest absolute Gasteiger partial charge is 0.482 e. The van der Waals surface area contributed by atoms with E-state index in [9.17, 15) is 4.39 Å². The summed E-state index contributed by atoms with van der Waals surface area (Å²) in [7, 11) is 0. The molecule has 0 saturated carbocycles. The van der Waals surface area contributed by atoms with Crippen molar-refractivity contribution in [3.8, 4) is 16.9 Å². The molecule has 1 aromatic carbocycles. The van der Waals surface area contributed by atoms with Crippen molar-refractivity contribution < 1.29 is 13.9 Å². The highest BCUT2D eigenvalue weighted by atomic mass is 35.5. The van der Waals surface area contributed by atoms with Gasteiger partial charge in [-0.15, -0.1) is 0 Å². The number of anilines is 1. The van der Waals surface area contributed by atoms with Gasteiger partial charge in [0.2, 0.25) is 0 Å². The summed E-state index contributed by atoms with van der Waals surface area (Å²) in [5, 5.41) is 8.18. The zero-order valence-electron chi connectivity index (χ0n) is 18.0. The smallest absolute Gasteiger partial charge is 0.166 e. The van der Waals surface area contributed by atoms with Gasteiger partial charge in [-0.05, 0) is 38.1 Å². The lowest BCUT2D eigenvalue weighted by Crippen LogP contribution is -2.30. The Balaban J connectivity index is 1.36. The van der Waals surface area contributed by atoms with Gasteiger partial charge in [0.1, 0.15) is 11.9 Å². The number of nitrogens with zero attached hydrogens (tertiary/aromatic N) is 3. The molecule has 4 heterocycles. The summed E-state index contributed by atoms with van der Waals surface area (Å²) >= 11 is 12.4. The van der Waals surface area contributed by atoms with Crippen molar-refractivity contribution in [2.75, 3.05) is 25.4 Å². The van der Waals surface area contributed by atoms with E-state index < -0.39 is 11.9 Å². The lowest BCUT2D eigenvalue weighted by molar-refractivity contribution is 0.0204. The van der Waals surface area contributed by atoms with E-state index in [1.807, 2.05) is 10.9 Å². The number of aromatic nitrogens is 3. The van der Waals surface area contributed by atoms with Crippen molar-refractivity contribution in [1.82, 2.24) is 20.1 Å². The Labute approximate surface area is 201 Å². The first-order chi connectivity index (χ1) is 15.8. The van der Waals surface area contributed by atoms with Gasteiger partial charge in [-0.1, -0.05) is 23.2 Å². The highest BCUT2D eigenvalue weighted by Gasteiger charge is 2.43. The highest BCUT2D eigenvalue weighted by molar-refractivity contribution is 6.36. The Morgan fingerprint density at radius 3 is 2.97 bits per heavy atom. The summed E-state index contributed by atoms with van der Waals surface area (Å²) in [6, 6.07) is 4.64. The Morgan fingerprint density at radius 2 is 2.18 bits per heavy atom. The first kappa shape index (κ1) is 22.4. The van der Waals surface area contributed by atoms with Crippen molar-refractivity contribution in [1.29, 1.82) is 0 Å². The molecule has 3 atom stereocenters. The SMILES string of the molecule is C[C@@H](Oc1cc(-c2cnn([C@H]3COC4(CCNC4)C3)c2)cnc1N)c1c(Cl)ccc(F)c1Cl. The Hall–Kier alpha value is -2.39. The predicted molar refractivity (Wildman–Crippen MR) is 125 cm³/mol. The van der Waals surface area contributed by atoms with Crippen LogP contribution in [0.1, 0.15) is 37.5 Å². The van der Waals surface area contributed by atoms with E-state index in [-0.39, 0.29) is 22.5 Å². The first-order valence-electron chi connectivity index (χ1n) is 10.8. The molecule has 3 aromatic rings. The average Bonchev–Trinajstić information content (AvgIpc) is 3.55. The molecule has 2 aliphatic heterocycles. The third kappa shape index (κ3) is 4.28. The minimum atomic E-state index is -0.644. The summed E-state index contributed by atoms with van der Waals surface area (Å²) in [5.74, 6) is -0.00401. The highest BCUT2D eigenvalue weighted by Crippen LogP contribution is 2.39. The summed E-state index contributed by atoms with van der Waals surface area (Å²) in [6.45, 7) is 4.24. The molecule has 1 unspecified atom stereocenters. The molecule has 0 aliphatic carbocycles. The molecular formula is C23H24Cl2FN5O2. The first-order valence-corrected chi connectivity index (χ1v) is 11.6. The van der Waals surface area contributed by atoms with Crippen LogP contribution in [0.25, 0.3) is 11.1 Å². The molecule has 3 N–H and O–H groups in total. The molecule has 2 aliphatic rings. The van der Waals surface area contributed by atoms with Crippen molar-refractivity contribution in [3.05, 3.63) is 58.2 Å². The van der Waals surface area contributed by atoms with E-state index >= 15 is 0 Å². The van der Waals surface area contributed by atoms with E-state index in [1.165, 1.54) is 12.1 Å². The number of ether oxygens (including phenoxy) is 2. The van der Waals surface area contributed by atoms with Gasteiger partial charge in [0, 0.05) is 47.1 Å². The van der Waals surface area contributed by atoms with E-state index in [2.05, 4.69) is 15.4 Å². The average molecular weight is 492 g/mol. The molecule has 7 nitrogen and oxygen atoms in total. The normalized spacial score (nSPS) is 23.3. The quantitative estimate of drug-likeness (QED) is 0.498. The van der Waals surface area contributed by atoms with Crippen LogP contribution in [-0.2, 0) is 4.74 Å². The molecule has 174 valence electrons. The number of pyridine rings is 1. The van der Waals surface area contributed by atoms with Crippen molar-refractivity contribution >= 4 is 29.0 Å². The molecule has 0 bridgehead atoms. The number of nitrogen functional groups attached to an aromatic ring is 1. The number of rotatable bonds is 5. The van der Waals surface area contributed by atoms with Gasteiger partial charge in [0.05, 0.1) is 29.5 Å². The number of nitrogens with one attached hydrogen (secondary N) is 1. The predicted octanol–water partition coefficient (Wildman–Crippen LogP) is 4.81. The third-order valence-corrected chi connectivity index (χ3v) is 7.09. The summed E-state index contributed by atoms with van der Waals surface area (Å²) in [4.78, 5) is 4.27. The van der Waals surface area contributed by atoms with Crippen LogP contribution < -0.4 is 15.8 Å². The number of nitrogens with two attached hydrogens (primary N) is 1. The van der Waals surface area contributed by atoms with Crippen LogP contribution in [0.3, 0.4) is 0 Å². The molecular weight excluding hydrogens is 468 g/mol. The van der Waals surface area contributed by atoms with Gasteiger partial charge in [-0.3, -0.25) is 4.68 Å². The van der Waals surface area contributed by atoms with Crippen LogP contribution in [0.4, 0.5) is 10.2 Å². The lowest BCUT2D eigenvalue weighted by atomic mass is 9.97. The van der Waals surface area contributed by atoms with Crippen LogP contribution in [0.2, 0.25) is 10.0 Å².